The van der Waals surface area contributed by atoms with Gasteiger partial charge in [0.2, 0.25) is 5.91 Å². The molecule has 0 N–H and O–H groups in total. The van der Waals surface area contributed by atoms with Gasteiger partial charge in [-0.3, -0.25) is 9.59 Å². The topological polar surface area (TPSA) is 66.9 Å². The number of hydrogen-bond donors (Lipinski definition) is 0. The standard InChI is InChI=1S/C17H28N2O4S/c1-12(20)24-14-9-15(21)19(11-14)10-13-5-7-18(8-6-13)16(22)23-17(2,3)4/h13-14H,5-11H2,1-4H3. The summed E-state index contributed by atoms with van der Waals surface area (Å²) in [5.41, 5.74) is -0.473. The van der Waals surface area contributed by atoms with E-state index in [1.165, 1.54) is 11.8 Å². The van der Waals surface area contributed by atoms with Gasteiger partial charge in [-0.05, 0) is 39.5 Å². The predicted octanol–water partition coefficient (Wildman–Crippen LogP) is 2.51. The molecule has 2 aliphatic heterocycles. The SMILES string of the molecule is CC(=O)SC1CC(=O)N(CC2CCN(C(=O)OC(C)(C)C)CC2)C1. The van der Waals surface area contributed by atoms with Crippen LogP contribution in [0.15, 0.2) is 0 Å². The Morgan fingerprint density at radius 3 is 2.42 bits per heavy atom. The molecule has 0 aromatic heterocycles. The lowest BCUT2D eigenvalue weighted by molar-refractivity contribution is -0.128. The molecule has 0 spiro atoms. The second kappa shape index (κ2) is 7.76. The van der Waals surface area contributed by atoms with Crippen LogP contribution in [0.4, 0.5) is 4.79 Å². The molecule has 7 heteroatoms. The van der Waals surface area contributed by atoms with Crippen LogP contribution in [0.2, 0.25) is 0 Å². The minimum Gasteiger partial charge on any atom is -0.444 e. The van der Waals surface area contributed by atoms with E-state index in [1.807, 2.05) is 25.7 Å². The van der Waals surface area contributed by atoms with Crippen LogP contribution in [-0.2, 0) is 14.3 Å². The third kappa shape index (κ3) is 5.69. The van der Waals surface area contributed by atoms with Crippen molar-refractivity contribution >= 4 is 28.9 Å². The lowest BCUT2D eigenvalue weighted by Crippen LogP contribution is -2.44. The smallest absolute Gasteiger partial charge is 0.410 e. The van der Waals surface area contributed by atoms with Crippen LogP contribution in [0.5, 0.6) is 0 Å². The van der Waals surface area contributed by atoms with Crippen molar-refractivity contribution in [3.05, 3.63) is 0 Å². The van der Waals surface area contributed by atoms with Crippen molar-refractivity contribution in [2.45, 2.75) is 57.8 Å². The quantitative estimate of drug-likeness (QED) is 0.777. The second-order valence-electron chi connectivity index (χ2n) is 7.65. The highest BCUT2D eigenvalue weighted by atomic mass is 32.2. The maximum absolute atomic E-state index is 12.1. The first kappa shape index (κ1) is 19.1. The summed E-state index contributed by atoms with van der Waals surface area (Å²) in [4.78, 5) is 39.0. The highest BCUT2D eigenvalue weighted by Crippen LogP contribution is 2.27. The average molecular weight is 356 g/mol. The van der Waals surface area contributed by atoms with Crippen LogP contribution < -0.4 is 0 Å². The van der Waals surface area contributed by atoms with Gasteiger partial charge in [-0.2, -0.15) is 0 Å². The number of likely N-dealkylation sites (tertiary alicyclic amines) is 2. The minimum atomic E-state index is -0.473. The fourth-order valence-corrected chi connectivity index (χ4v) is 4.11. The Morgan fingerprint density at radius 2 is 1.88 bits per heavy atom. The number of thioether (sulfide) groups is 1. The van der Waals surface area contributed by atoms with Crippen molar-refractivity contribution in [3.63, 3.8) is 0 Å². The maximum atomic E-state index is 12.1. The first-order chi connectivity index (χ1) is 11.1. The molecule has 1 atom stereocenters. The third-order valence-corrected chi connectivity index (χ3v) is 5.24. The monoisotopic (exact) mass is 356 g/mol. The summed E-state index contributed by atoms with van der Waals surface area (Å²) in [7, 11) is 0. The molecule has 0 aromatic rings. The van der Waals surface area contributed by atoms with Crippen molar-refractivity contribution in [3.8, 4) is 0 Å². The number of amides is 2. The van der Waals surface area contributed by atoms with Crippen LogP contribution in [0.1, 0.15) is 47.0 Å². The maximum Gasteiger partial charge on any atom is 0.410 e. The lowest BCUT2D eigenvalue weighted by Gasteiger charge is -2.34. The van der Waals surface area contributed by atoms with Crippen molar-refractivity contribution in [2.75, 3.05) is 26.2 Å². The van der Waals surface area contributed by atoms with Gasteiger partial charge in [0.15, 0.2) is 5.12 Å². The number of ether oxygens (including phenoxy) is 1. The zero-order valence-electron chi connectivity index (χ0n) is 15.0. The number of carbonyl (C=O) groups is 3. The van der Waals surface area contributed by atoms with E-state index >= 15 is 0 Å². The first-order valence-corrected chi connectivity index (χ1v) is 9.45. The highest BCUT2D eigenvalue weighted by molar-refractivity contribution is 8.14. The molecule has 24 heavy (non-hydrogen) atoms. The van der Waals surface area contributed by atoms with E-state index in [0.717, 1.165) is 19.4 Å². The van der Waals surface area contributed by atoms with Crippen molar-refractivity contribution in [2.24, 2.45) is 5.92 Å². The van der Waals surface area contributed by atoms with Gasteiger partial charge in [-0.25, -0.2) is 4.79 Å². The highest BCUT2D eigenvalue weighted by Gasteiger charge is 2.34. The molecule has 1 unspecified atom stereocenters. The number of rotatable bonds is 3. The third-order valence-electron chi connectivity index (χ3n) is 4.26. The van der Waals surface area contributed by atoms with Gasteiger partial charge < -0.3 is 14.5 Å². The summed E-state index contributed by atoms with van der Waals surface area (Å²) in [6.07, 6.45) is 1.97. The molecule has 2 rings (SSSR count). The minimum absolute atomic E-state index is 0.0697. The Kier molecular flexibility index (Phi) is 6.17. The summed E-state index contributed by atoms with van der Waals surface area (Å²) in [5, 5.41) is 0.164. The molecule has 136 valence electrons. The van der Waals surface area contributed by atoms with E-state index in [-0.39, 0.29) is 22.4 Å². The van der Waals surface area contributed by atoms with Crippen LogP contribution in [0, 0.1) is 5.92 Å². The molecule has 0 aliphatic carbocycles. The van der Waals surface area contributed by atoms with Gasteiger partial charge in [0.1, 0.15) is 5.60 Å². The average Bonchev–Trinajstić information content (AvgIpc) is 2.76. The molecule has 0 bridgehead atoms. The van der Waals surface area contributed by atoms with E-state index in [2.05, 4.69) is 0 Å². The Morgan fingerprint density at radius 1 is 1.25 bits per heavy atom. The van der Waals surface area contributed by atoms with Crippen molar-refractivity contribution in [1.82, 2.24) is 9.80 Å². The number of carbonyl (C=O) groups excluding carboxylic acids is 3. The normalized spacial score (nSPS) is 22.8. The van der Waals surface area contributed by atoms with E-state index in [9.17, 15) is 14.4 Å². The van der Waals surface area contributed by atoms with E-state index in [4.69, 9.17) is 4.74 Å². The zero-order chi connectivity index (χ0) is 17.9. The molecular weight excluding hydrogens is 328 g/mol. The Labute approximate surface area is 148 Å². The van der Waals surface area contributed by atoms with Gasteiger partial charge in [0, 0.05) is 44.8 Å². The number of piperidine rings is 1. The summed E-state index contributed by atoms with van der Waals surface area (Å²) in [5.74, 6) is 0.553. The van der Waals surface area contributed by atoms with Gasteiger partial charge in [-0.1, -0.05) is 11.8 Å². The fraction of sp³-hybridized carbons (Fsp3) is 0.824. The van der Waals surface area contributed by atoms with Gasteiger partial charge >= 0.3 is 6.09 Å². The molecule has 0 radical (unpaired) electrons. The van der Waals surface area contributed by atoms with E-state index in [1.54, 1.807) is 11.8 Å². The van der Waals surface area contributed by atoms with E-state index < -0.39 is 5.60 Å². The molecule has 2 saturated heterocycles. The molecule has 0 saturated carbocycles. The fourth-order valence-electron chi connectivity index (χ4n) is 3.16. The lowest BCUT2D eigenvalue weighted by atomic mass is 9.96. The second-order valence-corrected chi connectivity index (χ2v) is 9.12. The largest absolute Gasteiger partial charge is 0.444 e. The van der Waals surface area contributed by atoms with E-state index in [0.29, 0.717) is 32.0 Å². The molecule has 2 amide bonds. The van der Waals surface area contributed by atoms with Crippen molar-refractivity contribution < 1.29 is 19.1 Å². The number of hydrogen-bond acceptors (Lipinski definition) is 5. The summed E-state index contributed by atoms with van der Waals surface area (Å²) in [6, 6.07) is 0. The Balaban J connectivity index is 1.76. The van der Waals surface area contributed by atoms with Crippen molar-refractivity contribution in [1.29, 1.82) is 0 Å². The Bertz CT molecular complexity index is 495. The van der Waals surface area contributed by atoms with Gasteiger partial charge in [0.05, 0.1) is 0 Å². The molecule has 2 heterocycles. The predicted molar refractivity (Wildman–Crippen MR) is 93.8 cm³/mol. The molecule has 0 aromatic carbocycles. The molecule has 2 fully saturated rings. The van der Waals surface area contributed by atoms with Gasteiger partial charge in [0.25, 0.3) is 0 Å². The van der Waals surface area contributed by atoms with Crippen LogP contribution >= 0.6 is 11.8 Å². The molecule has 6 nitrogen and oxygen atoms in total. The van der Waals surface area contributed by atoms with Gasteiger partial charge in [-0.15, -0.1) is 0 Å². The summed E-state index contributed by atoms with van der Waals surface area (Å²) >= 11 is 1.27. The van der Waals surface area contributed by atoms with Crippen LogP contribution in [0.25, 0.3) is 0 Å². The zero-order valence-corrected chi connectivity index (χ0v) is 15.9. The molecule has 2 aliphatic rings. The summed E-state index contributed by atoms with van der Waals surface area (Å²) in [6.45, 7) is 9.89. The molecular formula is C17H28N2O4S. The number of nitrogens with zero attached hydrogens (tertiary/aromatic N) is 2. The Hall–Kier alpha value is -1.24. The van der Waals surface area contributed by atoms with Crippen LogP contribution in [-0.4, -0.2) is 63.9 Å². The summed E-state index contributed by atoms with van der Waals surface area (Å²) < 4.78 is 5.40. The van der Waals surface area contributed by atoms with Crippen LogP contribution in [0.3, 0.4) is 0 Å². The first-order valence-electron chi connectivity index (χ1n) is 8.57.